The van der Waals surface area contributed by atoms with Gasteiger partial charge in [0.15, 0.2) is 5.96 Å². The minimum Gasteiger partial charge on any atom is -0.357 e. The Kier molecular flexibility index (Phi) is 15.6. The second-order valence-corrected chi connectivity index (χ2v) is 7.26. The van der Waals surface area contributed by atoms with E-state index in [0.717, 1.165) is 32.1 Å². The van der Waals surface area contributed by atoms with Gasteiger partial charge in [0.05, 0.1) is 6.54 Å². The van der Waals surface area contributed by atoms with Crippen LogP contribution < -0.4 is 10.6 Å². The molecule has 0 spiro atoms. The average Bonchev–Trinajstić information content (AvgIpc) is 2.42. The van der Waals surface area contributed by atoms with Crippen LogP contribution >= 0.6 is 35.7 Å². The van der Waals surface area contributed by atoms with E-state index in [-0.39, 0.29) is 28.7 Å². The number of likely N-dealkylation sites (N-methyl/N-ethyl adjacent to an activating group) is 1. The highest BCUT2D eigenvalue weighted by Crippen LogP contribution is 2.20. The molecule has 0 radical (unpaired) electrons. The maximum atomic E-state index is 4.67. The Morgan fingerprint density at radius 3 is 2.38 bits per heavy atom. The van der Waals surface area contributed by atoms with Crippen LogP contribution in [-0.2, 0) is 0 Å². The zero-order valence-electron chi connectivity index (χ0n) is 14.7. The number of guanidine groups is 1. The van der Waals surface area contributed by atoms with E-state index in [1.807, 2.05) is 11.8 Å². The predicted octanol–water partition coefficient (Wildman–Crippen LogP) is 3.03. The first-order chi connectivity index (χ1) is 9.45. The summed E-state index contributed by atoms with van der Waals surface area (Å²) in [6, 6.07) is 0. The second kappa shape index (κ2) is 13.9. The molecule has 21 heavy (non-hydrogen) atoms. The first-order valence-electron chi connectivity index (χ1n) is 7.71. The number of hydrogen-bond acceptors (Lipinski definition) is 3. The molecule has 0 unspecified atom stereocenters. The minimum absolute atomic E-state index is 0. The smallest absolute Gasteiger partial charge is 0.191 e. The lowest BCUT2D eigenvalue weighted by Gasteiger charge is -2.21. The summed E-state index contributed by atoms with van der Waals surface area (Å²) in [5.41, 5.74) is 0. The Morgan fingerprint density at radius 2 is 1.86 bits per heavy atom. The fraction of sp³-hybridized carbons (Fsp3) is 0.933. The number of unbranched alkanes of at least 4 members (excludes halogenated alkanes) is 1. The van der Waals surface area contributed by atoms with Crippen LogP contribution in [0.2, 0.25) is 0 Å². The van der Waals surface area contributed by atoms with Crippen LogP contribution in [0, 0.1) is 0 Å². The van der Waals surface area contributed by atoms with E-state index in [2.05, 4.69) is 61.5 Å². The number of nitrogens with one attached hydrogen (secondary N) is 2. The number of halogens is 1. The van der Waals surface area contributed by atoms with Gasteiger partial charge in [-0.25, -0.2) is 0 Å². The van der Waals surface area contributed by atoms with E-state index in [1.54, 1.807) is 0 Å². The van der Waals surface area contributed by atoms with Crippen molar-refractivity contribution in [2.75, 3.05) is 46.0 Å². The summed E-state index contributed by atoms with van der Waals surface area (Å²) in [6.45, 7) is 13.7. The molecule has 0 aliphatic heterocycles. The molecule has 0 rings (SSSR count). The maximum Gasteiger partial charge on any atom is 0.191 e. The number of thioether (sulfide) groups is 1. The highest BCUT2D eigenvalue weighted by molar-refractivity contribution is 14.0. The van der Waals surface area contributed by atoms with Gasteiger partial charge in [0.1, 0.15) is 0 Å². The van der Waals surface area contributed by atoms with Crippen LogP contribution in [0.3, 0.4) is 0 Å². The van der Waals surface area contributed by atoms with Gasteiger partial charge in [0.2, 0.25) is 0 Å². The van der Waals surface area contributed by atoms with Crippen LogP contribution in [0.15, 0.2) is 4.99 Å². The molecule has 0 aromatic carbocycles. The molecule has 0 aromatic rings. The van der Waals surface area contributed by atoms with Crippen LogP contribution in [0.25, 0.3) is 0 Å². The summed E-state index contributed by atoms with van der Waals surface area (Å²) >= 11 is 1.85. The van der Waals surface area contributed by atoms with Crippen molar-refractivity contribution in [3.05, 3.63) is 0 Å². The first kappa shape index (κ1) is 23.6. The zero-order chi connectivity index (χ0) is 15.4. The molecule has 128 valence electrons. The van der Waals surface area contributed by atoms with Crippen molar-refractivity contribution in [1.82, 2.24) is 15.5 Å². The topological polar surface area (TPSA) is 39.7 Å². The predicted molar refractivity (Wildman–Crippen MR) is 109 cm³/mol. The lowest BCUT2D eigenvalue weighted by atomic mass is 10.2. The van der Waals surface area contributed by atoms with Crippen molar-refractivity contribution in [2.45, 2.75) is 45.3 Å². The zero-order valence-corrected chi connectivity index (χ0v) is 17.8. The molecule has 2 N–H and O–H groups in total. The summed E-state index contributed by atoms with van der Waals surface area (Å²) < 4.78 is 0.195. The van der Waals surface area contributed by atoms with Crippen LogP contribution in [0.1, 0.15) is 40.5 Å². The van der Waals surface area contributed by atoms with Crippen LogP contribution in [0.4, 0.5) is 0 Å². The average molecular weight is 430 g/mol. The van der Waals surface area contributed by atoms with Crippen LogP contribution in [-0.4, -0.2) is 61.6 Å². The van der Waals surface area contributed by atoms with Crippen molar-refractivity contribution >= 4 is 41.7 Å². The van der Waals surface area contributed by atoms with Crippen molar-refractivity contribution < 1.29 is 0 Å². The molecular formula is C15H35IN4S. The Bertz CT molecular complexity index is 272. The van der Waals surface area contributed by atoms with E-state index in [1.165, 1.54) is 19.4 Å². The van der Waals surface area contributed by atoms with Gasteiger partial charge in [-0.2, -0.15) is 11.8 Å². The molecule has 0 saturated heterocycles. The Balaban J connectivity index is 0. The third-order valence-electron chi connectivity index (χ3n) is 3.19. The third kappa shape index (κ3) is 13.7. The molecule has 6 heteroatoms. The second-order valence-electron chi connectivity index (χ2n) is 5.74. The number of nitrogens with zero attached hydrogens (tertiary/aromatic N) is 2. The van der Waals surface area contributed by atoms with Gasteiger partial charge < -0.3 is 15.5 Å². The molecule has 0 heterocycles. The molecule has 0 aliphatic carbocycles. The summed E-state index contributed by atoms with van der Waals surface area (Å²) in [4.78, 5) is 7.04. The summed E-state index contributed by atoms with van der Waals surface area (Å²) in [6.07, 6.45) is 4.66. The monoisotopic (exact) mass is 430 g/mol. The van der Waals surface area contributed by atoms with E-state index >= 15 is 0 Å². The van der Waals surface area contributed by atoms with Crippen molar-refractivity contribution in [2.24, 2.45) is 4.99 Å². The molecule has 0 saturated carbocycles. The van der Waals surface area contributed by atoms with Crippen molar-refractivity contribution in [1.29, 1.82) is 0 Å². The van der Waals surface area contributed by atoms with Gasteiger partial charge >= 0.3 is 0 Å². The quantitative estimate of drug-likeness (QED) is 0.318. The number of aliphatic imine (C=N–C) groups is 1. The van der Waals surface area contributed by atoms with E-state index in [4.69, 9.17) is 0 Å². The number of rotatable bonds is 10. The molecule has 4 nitrogen and oxygen atoms in total. The van der Waals surface area contributed by atoms with E-state index in [0.29, 0.717) is 0 Å². The highest BCUT2D eigenvalue weighted by atomic mass is 127. The molecular weight excluding hydrogens is 395 g/mol. The lowest BCUT2D eigenvalue weighted by molar-refractivity contribution is 0.332. The normalized spacial score (nSPS) is 12.2. The largest absolute Gasteiger partial charge is 0.357 e. The summed E-state index contributed by atoms with van der Waals surface area (Å²) in [7, 11) is 2.18. The third-order valence-corrected chi connectivity index (χ3v) is 4.43. The minimum atomic E-state index is 0. The highest BCUT2D eigenvalue weighted by Gasteiger charge is 2.15. The van der Waals surface area contributed by atoms with Gasteiger partial charge in [-0.15, -0.1) is 24.0 Å². The van der Waals surface area contributed by atoms with Crippen molar-refractivity contribution in [3.63, 3.8) is 0 Å². The fourth-order valence-corrected chi connectivity index (χ4v) is 1.77. The molecule has 0 bridgehead atoms. The molecule has 0 amide bonds. The fourth-order valence-electron chi connectivity index (χ4n) is 1.58. The SMILES string of the molecule is CCCCN(C)CCNC(=NCC(C)(C)SC)NCC.I. The first-order valence-corrected chi connectivity index (χ1v) is 8.93. The summed E-state index contributed by atoms with van der Waals surface area (Å²) in [5, 5.41) is 6.72. The Labute approximate surface area is 153 Å². The van der Waals surface area contributed by atoms with Crippen LogP contribution in [0.5, 0.6) is 0 Å². The molecule has 0 aromatic heterocycles. The lowest BCUT2D eigenvalue weighted by Crippen LogP contribution is -2.41. The van der Waals surface area contributed by atoms with E-state index < -0.39 is 0 Å². The summed E-state index contributed by atoms with van der Waals surface area (Å²) in [5.74, 6) is 0.929. The van der Waals surface area contributed by atoms with Gasteiger partial charge in [-0.3, -0.25) is 4.99 Å². The van der Waals surface area contributed by atoms with Gasteiger partial charge in [0, 0.05) is 24.4 Å². The van der Waals surface area contributed by atoms with Gasteiger partial charge in [0.25, 0.3) is 0 Å². The number of hydrogen-bond donors (Lipinski definition) is 2. The Morgan fingerprint density at radius 1 is 1.19 bits per heavy atom. The molecule has 0 atom stereocenters. The van der Waals surface area contributed by atoms with Gasteiger partial charge in [-0.05, 0) is 47.0 Å². The molecule has 0 aliphatic rings. The van der Waals surface area contributed by atoms with Gasteiger partial charge in [-0.1, -0.05) is 13.3 Å². The standard InChI is InChI=1S/C15H34N4S.HI/c1-7-9-11-19(5)12-10-17-14(16-8-2)18-13-15(3,4)20-6;/h7-13H2,1-6H3,(H2,16,17,18);1H. The Hall–Kier alpha value is 0.310. The van der Waals surface area contributed by atoms with E-state index in [9.17, 15) is 0 Å². The van der Waals surface area contributed by atoms with Crippen molar-refractivity contribution in [3.8, 4) is 0 Å². The maximum absolute atomic E-state index is 4.67. The molecule has 0 fully saturated rings.